The van der Waals surface area contributed by atoms with E-state index in [0.29, 0.717) is 31.4 Å². The average molecular weight is 498 g/mol. The molecule has 0 saturated heterocycles. The predicted octanol–water partition coefficient (Wildman–Crippen LogP) is 3.72. The lowest BCUT2D eigenvalue weighted by Crippen LogP contribution is -2.37. The first-order valence-corrected chi connectivity index (χ1v) is 7.99. The second-order valence-corrected chi connectivity index (χ2v) is 5.54. The molecule has 0 atom stereocenters. The van der Waals surface area contributed by atoms with E-state index >= 15 is 0 Å². The second-order valence-electron chi connectivity index (χ2n) is 5.54. The largest absolute Gasteiger partial charge is 0.573 e. The Bertz CT molecular complexity index is 726. The summed E-state index contributed by atoms with van der Waals surface area (Å²) < 4.78 is 45.7. The van der Waals surface area contributed by atoms with E-state index in [-0.39, 0.29) is 29.7 Å². The van der Waals surface area contributed by atoms with Crippen molar-refractivity contribution in [2.45, 2.75) is 33.2 Å². The molecule has 10 heteroatoms. The summed E-state index contributed by atoms with van der Waals surface area (Å²) in [5.41, 5.74) is 1.73. The van der Waals surface area contributed by atoms with Crippen LogP contribution in [0.2, 0.25) is 0 Å². The zero-order chi connectivity index (χ0) is 19.2. The molecule has 0 amide bonds. The molecule has 0 spiro atoms. The van der Waals surface area contributed by atoms with E-state index < -0.39 is 6.36 Å². The van der Waals surface area contributed by atoms with Gasteiger partial charge in [-0.2, -0.15) is 0 Å². The van der Waals surface area contributed by atoms with E-state index in [1.165, 1.54) is 12.1 Å². The highest BCUT2D eigenvalue weighted by Crippen LogP contribution is 2.22. The third-order valence-electron chi connectivity index (χ3n) is 3.57. The van der Waals surface area contributed by atoms with E-state index in [1.54, 1.807) is 19.2 Å². The standard InChI is InChI=1S/C17H21F3N4O2.HI/c1-11-12(2)25-15(24-11)10-23-16(21-3)22-9-8-13-4-6-14(7-5-13)26-17(18,19)20;/h4-7H,8-10H2,1-3H3,(H2,21,22,23);1H. The first kappa shape index (κ1) is 23.1. The predicted molar refractivity (Wildman–Crippen MR) is 106 cm³/mol. The molecule has 0 aliphatic heterocycles. The first-order valence-electron chi connectivity index (χ1n) is 7.99. The highest BCUT2D eigenvalue weighted by molar-refractivity contribution is 14.0. The topological polar surface area (TPSA) is 71.7 Å². The van der Waals surface area contributed by atoms with Gasteiger partial charge in [-0.05, 0) is 38.0 Å². The number of hydrogen-bond acceptors (Lipinski definition) is 4. The molecule has 0 radical (unpaired) electrons. The summed E-state index contributed by atoms with van der Waals surface area (Å²) >= 11 is 0. The fraction of sp³-hybridized carbons (Fsp3) is 0.412. The maximum atomic E-state index is 12.1. The van der Waals surface area contributed by atoms with Crippen LogP contribution < -0.4 is 15.4 Å². The molecule has 2 aromatic rings. The molecule has 0 aliphatic carbocycles. The van der Waals surface area contributed by atoms with Crippen LogP contribution in [-0.4, -0.2) is 30.9 Å². The molecular weight excluding hydrogens is 476 g/mol. The van der Waals surface area contributed by atoms with Gasteiger partial charge in [0, 0.05) is 13.6 Å². The number of benzene rings is 1. The molecule has 0 bridgehead atoms. The molecule has 1 heterocycles. The van der Waals surface area contributed by atoms with Gasteiger partial charge in [0.15, 0.2) is 5.96 Å². The smallest absolute Gasteiger partial charge is 0.444 e. The number of oxazole rings is 1. The van der Waals surface area contributed by atoms with Crippen molar-refractivity contribution in [2.75, 3.05) is 13.6 Å². The SMILES string of the molecule is CN=C(NCCc1ccc(OC(F)(F)F)cc1)NCc1nc(C)c(C)o1.I. The number of aryl methyl sites for hydroxylation is 2. The lowest BCUT2D eigenvalue weighted by Gasteiger charge is -2.11. The molecule has 27 heavy (non-hydrogen) atoms. The summed E-state index contributed by atoms with van der Waals surface area (Å²) in [6, 6.07) is 5.78. The van der Waals surface area contributed by atoms with Gasteiger partial charge < -0.3 is 19.8 Å². The van der Waals surface area contributed by atoms with Gasteiger partial charge in [-0.15, -0.1) is 37.1 Å². The minimum absolute atomic E-state index is 0. The summed E-state index contributed by atoms with van der Waals surface area (Å²) in [7, 11) is 1.64. The van der Waals surface area contributed by atoms with Crippen molar-refractivity contribution in [3.63, 3.8) is 0 Å². The summed E-state index contributed by atoms with van der Waals surface area (Å²) in [6.07, 6.45) is -4.06. The summed E-state index contributed by atoms with van der Waals surface area (Å²) in [5, 5.41) is 6.21. The fourth-order valence-electron chi connectivity index (χ4n) is 2.18. The zero-order valence-electron chi connectivity index (χ0n) is 15.2. The number of aromatic nitrogens is 1. The van der Waals surface area contributed by atoms with Crippen LogP contribution in [-0.2, 0) is 13.0 Å². The zero-order valence-corrected chi connectivity index (χ0v) is 17.5. The highest BCUT2D eigenvalue weighted by atomic mass is 127. The number of halogens is 4. The lowest BCUT2D eigenvalue weighted by molar-refractivity contribution is -0.274. The average Bonchev–Trinajstić information content (AvgIpc) is 2.89. The molecular formula is C17H22F3IN4O2. The Balaban J connectivity index is 0.00000364. The van der Waals surface area contributed by atoms with Crippen LogP contribution in [0.15, 0.2) is 33.7 Å². The Labute approximate surface area is 172 Å². The van der Waals surface area contributed by atoms with E-state index in [2.05, 4.69) is 25.3 Å². The van der Waals surface area contributed by atoms with Gasteiger partial charge >= 0.3 is 6.36 Å². The minimum atomic E-state index is -4.68. The molecule has 2 N–H and O–H groups in total. The number of ether oxygens (including phenoxy) is 1. The van der Waals surface area contributed by atoms with Crippen molar-refractivity contribution in [3.8, 4) is 5.75 Å². The maximum Gasteiger partial charge on any atom is 0.573 e. The Morgan fingerprint density at radius 1 is 1.19 bits per heavy atom. The van der Waals surface area contributed by atoms with Gasteiger partial charge in [0.2, 0.25) is 5.89 Å². The number of aliphatic imine (C=N–C) groups is 1. The Morgan fingerprint density at radius 2 is 1.85 bits per heavy atom. The Kier molecular flexibility index (Phi) is 8.86. The summed E-state index contributed by atoms with van der Waals surface area (Å²) in [5.74, 6) is 1.70. The van der Waals surface area contributed by atoms with Gasteiger partial charge in [-0.3, -0.25) is 4.99 Å². The number of hydrogen-bond donors (Lipinski definition) is 2. The van der Waals surface area contributed by atoms with Crippen molar-refractivity contribution in [1.82, 2.24) is 15.6 Å². The first-order chi connectivity index (χ1) is 12.3. The van der Waals surface area contributed by atoms with Crippen LogP contribution in [0.3, 0.4) is 0 Å². The highest BCUT2D eigenvalue weighted by Gasteiger charge is 2.30. The summed E-state index contributed by atoms with van der Waals surface area (Å²) in [6.45, 7) is 4.69. The van der Waals surface area contributed by atoms with Gasteiger partial charge in [0.25, 0.3) is 0 Å². The van der Waals surface area contributed by atoms with Crippen molar-refractivity contribution < 1.29 is 22.3 Å². The van der Waals surface area contributed by atoms with Crippen molar-refractivity contribution in [1.29, 1.82) is 0 Å². The Morgan fingerprint density at radius 3 is 2.37 bits per heavy atom. The molecule has 150 valence electrons. The molecule has 0 saturated carbocycles. The summed E-state index contributed by atoms with van der Waals surface area (Å²) in [4.78, 5) is 8.37. The fourth-order valence-corrected chi connectivity index (χ4v) is 2.18. The van der Waals surface area contributed by atoms with Crippen LogP contribution in [0.25, 0.3) is 0 Å². The van der Waals surface area contributed by atoms with Crippen LogP contribution in [0.5, 0.6) is 5.75 Å². The van der Waals surface area contributed by atoms with E-state index in [1.807, 2.05) is 13.8 Å². The van der Waals surface area contributed by atoms with Crippen molar-refractivity contribution >= 4 is 29.9 Å². The third kappa shape index (κ3) is 8.06. The third-order valence-corrected chi connectivity index (χ3v) is 3.57. The molecule has 2 rings (SSSR count). The van der Waals surface area contributed by atoms with E-state index in [9.17, 15) is 13.2 Å². The van der Waals surface area contributed by atoms with E-state index in [4.69, 9.17) is 4.42 Å². The number of alkyl halides is 3. The maximum absolute atomic E-state index is 12.1. The van der Waals surface area contributed by atoms with Crippen molar-refractivity contribution in [3.05, 3.63) is 47.2 Å². The van der Waals surface area contributed by atoms with Crippen LogP contribution >= 0.6 is 24.0 Å². The van der Waals surface area contributed by atoms with E-state index in [0.717, 1.165) is 17.0 Å². The number of nitrogens with zero attached hydrogens (tertiary/aromatic N) is 2. The number of rotatable bonds is 6. The number of nitrogens with one attached hydrogen (secondary N) is 2. The second kappa shape index (κ2) is 10.4. The van der Waals surface area contributed by atoms with Crippen LogP contribution in [0.4, 0.5) is 13.2 Å². The lowest BCUT2D eigenvalue weighted by atomic mass is 10.1. The molecule has 0 unspecified atom stereocenters. The van der Waals surface area contributed by atoms with Gasteiger partial charge in [0.05, 0.1) is 12.2 Å². The van der Waals surface area contributed by atoms with Gasteiger partial charge in [0.1, 0.15) is 11.5 Å². The van der Waals surface area contributed by atoms with Crippen LogP contribution in [0.1, 0.15) is 22.9 Å². The van der Waals surface area contributed by atoms with Gasteiger partial charge in [-0.1, -0.05) is 12.1 Å². The van der Waals surface area contributed by atoms with Crippen LogP contribution in [0, 0.1) is 13.8 Å². The molecule has 1 aromatic heterocycles. The monoisotopic (exact) mass is 498 g/mol. The quantitative estimate of drug-likeness (QED) is 0.361. The number of guanidine groups is 1. The molecule has 1 aromatic carbocycles. The Hall–Kier alpha value is -1.98. The minimum Gasteiger partial charge on any atom is -0.444 e. The normalized spacial score (nSPS) is 11.7. The van der Waals surface area contributed by atoms with Crippen molar-refractivity contribution in [2.24, 2.45) is 4.99 Å². The van der Waals surface area contributed by atoms with Gasteiger partial charge in [-0.25, -0.2) is 4.98 Å². The molecule has 0 aliphatic rings. The molecule has 6 nitrogen and oxygen atoms in total. The molecule has 0 fully saturated rings.